The molecule has 0 bridgehead atoms. The van der Waals surface area contributed by atoms with E-state index in [1.165, 1.54) is 28.9 Å². The van der Waals surface area contributed by atoms with Crippen molar-refractivity contribution in [2.75, 3.05) is 26.2 Å². The zero-order chi connectivity index (χ0) is 16.2. The summed E-state index contributed by atoms with van der Waals surface area (Å²) in [7, 11) is 0. The van der Waals surface area contributed by atoms with E-state index in [2.05, 4.69) is 46.4 Å². The Labute approximate surface area is 141 Å². The number of aryl methyl sites for hydroxylation is 2. The number of nitrogens with one attached hydrogen (secondary N) is 1. The molecule has 3 rings (SSSR count). The highest BCUT2D eigenvalue weighted by Crippen LogP contribution is 2.28. The van der Waals surface area contributed by atoms with Crippen LogP contribution in [0, 0.1) is 13.8 Å². The van der Waals surface area contributed by atoms with Gasteiger partial charge in [-0.2, -0.15) is 0 Å². The zero-order valence-corrected chi connectivity index (χ0v) is 14.5. The fraction of sp³-hybridized carbons (Fsp3) is 0.444. The highest BCUT2D eigenvalue weighted by Gasteiger charge is 2.24. The van der Waals surface area contributed by atoms with Gasteiger partial charge in [0, 0.05) is 25.0 Å². The zero-order valence-electron chi connectivity index (χ0n) is 13.7. The molecule has 1 aliphatic rings. The van der Waals surface area contributed by atoms with Crippen molar-refractivity contribution in [3.8, 4) is 0 Å². The normalized spacial score (nSPS) is 18.3. The number of rotatable bonds is 5. The minimum Gasteiger partial charge on any atom is -0.349 e. The van der Waals surface area contributed by atoms with Crippen LogP contribution in [-0.4, -0.2) is 42.0 Å². The minimum absolute atomic E-state index is 0.0657. The summed E-state index contributed by atoms with van der Waals surface area (Å²) >= 11 is 1.51. The van der Waals surface area contributed by atoms with Gasteiger partial charge in [-0.15, -0.1) is 11.3 Å². The standard InChI is InChI=1S/C18H23N3OS/c1-13-5-3-4-6-16(13)15-7-9-21(11-15)10-8-19-18(22)17-12-23-14(2)20-17/h3-6,12,15H,7-11H2,1-2H3,(H,19,22)/t15-/m0/s1. The Morgan fingerprint density at radius 2 is 2.22 bits per heavy atom. The molecule has 1 saturated heterocycles. The molecule has 2 aromatic rings. The lowest BCUT2D eigenvalue weighted by atomic mass is 9.94. The van der Waals surface area contributed by atoms with Crippen LogP contribution in [0.15, 0.2) is 29.6 Å². The monoisotopic (exact) mass is 329 g/mol. The largest absolute Gasteiger partial charge is 0.349 e. The topological polar surface area (TPSA) is 45.2 Å². The molecule has 1 aromatic heterocycles. The molecule has 4 nitrogen and oxygen atoms in total. The van der Waals surface area contributed by atoms with E-state index in [0.717, 1.165) is 24.6 Å². The Hall–Kier alpha value is -1.72. The molecule has 1 amide bonds. The number of benzene rings is 1. The Morgan fingerprint density at radius 1 is 1.39 bits per heavy atom. The second kappa shape index (κ2) is 7.23. The van der Waals surface area contributed by atoms with E-state index in [0.29, 0.717) is 18.2 Å². The van der Waals surface area contributed by atoms with Crippen LogP contribution in [0.3, 0.4) is 0 Å². The summed E-state index contributed by atoms with van der Waals surface area (Å²) in [6.45, 7) is 7.86. The molecular formula is C18H23N3OS. The molecule has 2 heterocycles. The SMILES string of the molecule is Cc1nc(C(=O)NCCN2CC[C@H](c3ccccc3C)C2)cs1. The number of likely N-dealkylation sites (tertiary alicyclic amines) is 1. The highest BCUT2D eigenvalue weighted by molar-refractivity contribution is 7.09. The third-order valence-corrected chi connectivity index (χ3v) is 5.24. The average Bonchev–Trinajstić information content (AvgIpc) is 3.17. The maximum Gasteiger partial charge on any atom is 0.270 e. The van der Waals surface area contributed by atoms with Crippen LogP contribution in [0.5, 0.6) is 0 Å². The van der Waals surface area contributed by atoms with E-state index in [1.54, 1.807) is 0 Å². The fourth-order valence-electron chi connectivity index (χ4n) is 3.22. The Morgan fingerprint density at radius 3 is 2.96 bits per heavy atom. The van der Waals surface area contributed by atoms with E-state index in [9.17, 15) is 4.79 Å². The molecule has 1 aliphatic heterocycles. The molecule has 0 radical (unpaired) electrons. The number of hydrogen-bond acceptors (Lipinski definition) is 4. The predicted molar refractivity (Wildman–Crippen MR) is 94.2 cm³/mol. The van der Waals surface area contributed by atoms with Gasteiger partial charge >= 0.3 is 0 Å². The Kier molecular flexibility index (Phi) is 5.08. The van der Waals surface area contributed by atoms with Gasteiger partial charge in [0.05, 0.1) is 5.01 Å². The molecule has 1 fully saturated rings. The van der Waals surface area contributed by atoms with Crippen molar-refractivity contribution in [1.29, 1.82) is 0 Å². The Balaban J connectivity index is 1.45. The van der Waals surface area contributed by atoms with Crippen molar-refractivity contribution in [3.63, 3.8) is 0 Å². The fourth-order valence-corrected chi connectivity index (χ4v) is 3.81. The quantitative estimate of drug-likeness (QED) is 0.917. The first-order valence-corrected chi connectivity index (χ1v) is 8.99. The van der Waals surface area contributed by atoms with Gasteiger partial charge in [-0.1, -0.05) is 24.3 Å². The molecule has 0 spiro atoms. The van der Waals surface area contributed by atoms with Gasteiger partial charge in [-0.05, 0) is 43.9 Å². The van der Waals surface area contributed by atoms with Crippen molar-refractivity contribution in [1.82, 2.24) is 15.2 Å². The number of carbonyl (C=O) groups is 1. The number of carbonyl (C=O) groups excluding carboxylic acids is 1. The van der Waals surface area contributed by atoms with E-state index in [-0.39, 0.29) is 5.91 Å². The van der Waals surface area contributed by atoms with Crippen molar-refractivity contribution >= 4 is 17.2 Å². The first-order valence-electron chi connectivity index (χ1n) is 8.11. The van der Waals surface area contributed by atoms with Crippen LogP contribution in [-0.2, 0) is 0 Å². The van der Waals surface area contributed by atoms with Gasteiger partial charge < -0.3 is 10.2 Å². The maximum atomic E-state index is 12.0. The molecule has 1 atom stereocenters. The lowest BCUT2D eigenvalue weighted by Gasteiger charge is -2.17. The number of aromatic nitrogens is 1. The van der Waals surface area contributed by atoms with Crippen LogP contribution >= 0.6 is 11.3 Å². The van der Waals surface area contributed by atoms with Crippen molar-refractivity contribution in [2.45, 2.75) is 26.2 Å². The number of amides is 1. The smallest absolute Gasteiger partial charge is 0.270 e. The van der Waals surface area contributed by atoms with Crippen LogP contribution < -0.4 is 5.32 Å². The molecule has 0 unspecified atom stereocenters. The molecule has 0 saturated carbocycles. The van der Waals surface area contributed by atoms with Gasteiger partial charge in [0.2, 0.25) is 0 Å². The Bertz CT molecular complexity index is 682. The van der Waals surface area contributed by atoms with Gasteiger partial charge in [-0.25, -0.2) is 4.98 Å². The second-order valence-electron chi connectivity index (χ2n) is 6.15. The van der Waals surface area contributed by atoms with Gasteiger partial charge in [0.15, 0.2) is 0 Å². The van der Waals surface area contributed by atoms with Crippen LogP contribution in [0.25, 0.3) is 0 Å². The van der Waals surface area contributed by atoms with Crippen molar-refractivity contribution in [3.05, 3.63) is 51.5 Å². The molecule has 1 aromatic carbocycles. The van der Waals surface area contributed by atoms with E-state index in [1.807, 2.05) is 12.3 Å². The van der Waals surface area contributed by atoms with Gasteiger partial charge in [0.25, 0.3) is 5.91 Å². The van der Waals surface area contributed by atoms with Crippen LogP contribution in [0.2, 0.25) is 0 Å². The first-order chi connectivity index (χ1) is 11.1. The summed E-state index contributed by atoms with van der Waals surface area (Å²) in [5.74, 6) is 0.553. The summed E-state index contributed by atoms with van der Waals surface area (Å²) in [6.07, 6.45) is 1.20. The van der Waals surface area contributed by atoms with Gasteiger partial charge in [0.1, 0.15) is 5.69 Å². The lowest BCUT2D eigenvalue weighted by molar-refractivity contribution is 0.0945. The van der Waals surface area contributed by atoms with Crippen LogP contribution in [0.4, 0.5) is 0 Å². The number of hydrogen-bond donors (Lipinski definition) is 1. The minimum atomic E-state index is -0.0657. The second-order valence-corrected chi connectivity index (χ2v) is 7.21. The maximum absolute atomic E-state index is 12.0. The summed E-state index contributed by atoms with van der Waals surface area (Å²) in [5.41, 5.74) is 3.38. The van der Waals surface area contributed by atoms with E-state index >= 15 is 0 Å². The predicted octanol–water partition coefficient (Wildman–Crippen LogP) is 2.98. The molecule has 1 N–H and O–H groups in total. The van der Waals surface area contributed by atoms with E-state index < -0.39 is 0 Å². The molecule has 122 valence electrons. The van der Waals surface area contributed by atoms with Crippen molar-refractivity contribution in [2.24, 2.45) is 0 Å². The summed E-state index contributed by atoms with van der Waals surface area (Å²) in [4.78, 5) is 18.6. The highest BCUT2D eigenvalue weighted by atomic mass is 32.1. The first kappa shape index (κ1) is 16.1. The average molecular weight is 329 g/mol. The number of nitrogens with zero attached hydrogens (tertiary/aromatic N) is 2. The lowest BCUT2D eigenvalue weighted by Crippen LogP contribution is -2.34. The van der Waals surface area contributed by atoms with Gasteiger partial charge in [-0.3, -0.25) is 4.79 Å². The molecular weight excluding hydrogens is 306 g/mol. The summed E-state index contributed by atoms with van der Waals surface area (Å²) in [6, 6.07) is 8.66. The number of thiazole rings is 1. The molecule has 0 aliphatic carbocycles. The third-order valence-electron chi connectivity index (χ3n) is 4.47. The van der Waals surface area contributed by atoms with Crippen molar-refractivity contribution < 1.29 is 4.79 Å². The summed E-state index contributed by atoms with van der Waals surface area (Å²) < 4.78 is 0. The molecule has 5 heteroatoms. The van der Waals surface area contributed by atoms with E-state index in [4.69, 9.17) is 0 Å². The third kappa shape index (κ3) is 3.98. The summed E-state index contributed by atoms with van der Waals surface area (Å²) in [5, 5.41) is 5.71. The molecule has 23 heavy (non-hydrogen) atoms. The van der Waals surface area contributed by atoms with Crippen LogP contribution in [0.1, 0.15) is 39.0 Å².